The van der Waals surface area contributed by atoms with E-state index in [1.807, 2.05) is 18.2 Å². The number of rotatable bonds is 4. The molecule has 0 unspecified atom stereocenters. The maximum Gasteiger partial charge on any atom is 0.189 e. The maximum atomic E-state index is 5.81. The van der Waals surface area contributed by atoms with Crippen LogP contribution in [-0.2, 0) is 0 Å². The molecule has 3 N–H and O–H groups in total. The van der Waals surface area contributed by atoms with Gasteiger partial charge < -0.3 is 16.0 Å². The SMILES string of the molecule is CN(CCN=C(N)NC(C)(C)C)c1ccccc1.I. The first-order valence-corrected chi connectivity index (χ1v) is 6.23. The summed E-state index contributed by atoms with van der Waals surface area (Å²) in [6, 6.07) is 10.2. The predicted molar refractivity (Wildman–Crippen MR) is 94.5 cm³/mol. The van der Waals surface area contributed by atoms with Crippen LogP contribution in [0.3, 0.4) is 0 Å². The van der Waals surface area contributed by atoms with Gasteiger partial charge >= 0.3 is 0 Å². The second kappa shape index (κ2) is 8.24. The van der Waals surface area contributed by atoms with Gasteiger partial charge in [0.15, 0.2) is 5.96 Å². The van der Waals surface area contributed by atoms with E-state index in [1.165, 1.54) is 5.69 Å². The summed E-state index contributed by atoms with van der Waals surface area (Å²) in [4.78, 5) is 6.48. The number of hydrogen-bond acceptors (Lipinski definition) is 2. The normalized spacial score (nSPS) is 11.7. The molecule has 1 aromatic carbocycles. The Kier molecular flexibility index (Phi) is 7.82. The monoisotopic (exact) mass is 376 g/mol. The second-order valence-corrected chi connectivity index (χ2v) is 5.40. The Hall–Kier alpha value is -0.980. The summed E-state index contributed by atoms with van der Waals surface area (Å²) in [6.45, 7) is 7.71. The lowest BCUT2D eigenvalue weighted by atomic mass is 10.1. The fraction of sp³-hybridized carbons (Fsp3) is 0.500. The Morgan fingerprint density at radius 1 is 1.26 bits per heavy atom. The van der Waals surface area contributed by atoms with Crippen LogP contribution < -0.4 is 16.0 Å². The zero-order valence-corrected chi connectivity index (χ0v) is 14.5. The molecule has 0 atom stereocenters. The van der Waals surface area contributed by atoms with Crippen LogP contribution in [0.2, 0.25) is 0 Å². The summed E-state index contributed by atoms with van der Waals surface area (Å²) in [5, 5.41) is 3.14. The molecule has 4 nitrogen and oxygen atoms in total. The van der Waals surface area contributed by atoms with Gasteiger partial charge in [0.2, 0.25) is 0 Å². The largest absolute Gasteiger partial charge is 0.373 e. The van der Waals surface area contributed by atoms with Gasteiger partial charge in [0, 0.05) is 24.8 Å². The smallest absolute Gasteiger partial charge is 0.189 e. The Labute approximate surface area is 133 Å². The van der Waals surface area contributed by atoms with Crippen molar-refractivity contribution in [3.05, 3.63) is 30.3 Å². The molecule has 108 valence electrons. The molecule has 0 spiro atoms. The number of benzene rings is 1. The van der Waals surface area contributed by atoms with Crippen molar-refractivity contribution in [1.29, 1.82) is 0 Å². The molecule has 0 aromatic heterocycles. The van der Waals surface area contributed by atoms with Crippen LogP contribution in [0.25, 0.3) is 0 Å². The molecular formula is C14H25IN4. The molecule has 0 saturated heterocycles. The number of nitrogens with one attached hydrogen (secondary N) is 1. The average Bonchev–Trinajstić information content (AvgIpc) is 2.27. The van der Waals surface area contributed by atoms with Gasteiger partial charge in [0.1, 0.15) is 0 Å². The molecule has 0 saturated carbocycles. The third kappa shape index (κ3) is 7.92. The van der Waals surface area contributed by atoms with E-state index < -0.39 is 0 Å². The molecule has 1 aromatic rings. The summed E-state index contributed by atoms with van der Waals surface area (Å²) in [5.74, 6) is 0.504. The number of hydrogen-bond donors (Lipinski definition) is 2. The summed E-state index contributed by atoms with van der Waals surface area (Å²) in [6.07, 6.45) is 0. The summed E-state index contributed by atoms with van der Waals surface area (Å²) in [5.41, 5.74) is 6.95. The first-order valence-electron chi connectivity index (χ1n) is 6.23. The minimum Gasteiger partial charge on any atom is -0.373 e. The Morgan fingerprint density at radius 2 is 1.84 bits per heavy atom. The van der Waals surface area contributed by atoms with E-state index in [0.717, 1.165) is 6.54 Å². The number of aliphatic imine (C=N–C) groups is 1. The zero-order valence-electron chi connectivity index (χ0n) is 12.2. The van der Waals surface area contributed by atoms with Gasteiger partial charge in [-0.05, 0) is 32.9 Å². The van der Waals surface area contributed by atoms with Crippen molar-refractivity contribution in [2.45, 2.75) is 26.3 Å². The van der Waals surface area contributed by atoms with Gasteiger partial charge in [-0.25, -0.2) is 0 Å². The van der Waals surface area contributed by atoms with Gasteiger partial charge in [-0.1, -0.05) is 18.2 Å². The molecule has 0 aliphatic carbocycles. The predicted octanol–water partition coefficient (Wildman–Crippen LogP) is 2.44. The van der Waals surface area contributed by atoms with Gasteiger partial charge in [-0.15, -0.1) is 24.0 Å². The molecule has 19 heavy (non-hydrogen) atoms. The van der Waals surface area contributed by atoms with Gasteiger partial charge in [-0.2, -0.15) is 0 Å². The molecule has 0 aliphatic heterocycles. The van der Waals surface area contributed by atoms with Crippen molar-refractivity contribution >= 4 is 35.6 Å². The minimum atomic E-state index is -0.0427. The van der Waals surface area contributed by atoms with Gasteiger partial charge in [0.05, 0.1) is 6.54 Å². The Balaban J connectivity index is 0.00000324. The van der Waals surface area contributed by atoms with Crippen molar-refractivity contribution in [3.63, 3.8) is 0 Å². The van der Waals surface area contributed by atoms with E-state index >= 15 is 0 Å². The molecule has 0 heterocycles. The van der Waals surface area contributed by atoms with E-state index in [2.05, 4.69) is 55.2 Å². The zero-order chi connectivity index (χ0) is 13.6. The molecule has 0 radical (unpaired) electrons. The first-order chi connectivity index (χ1) is 8.38. The summed E-state index contributed by atoms with van der Waals surface area (Å²) in [7, 11) is 2.05. The van der Waals surface area contributed by atoms with Crippen LogP contribution in [0.4, 0.5) is 5.69 Å². The van der Waals surface area contributed by atoms with E-state index in [4.69, 9.17) is 5.73 Å². The number of halogens is 1. The van der Waals surface area contributed by atoms with Crippen LogP contribution >= 0.6 is 24.0 Å². The molecule has 1 rings (SSSR count). The highest BCUT2D eigenvalue weighted by Gasteiger charge is 2.09. The van der Waals surface area contributed by atoms with E-state index in [0.29, 0.717) is 12.5 Å². The fourth-order valence-corrected chi connectivity index (χ4v) is 1.56. The highest BCUT2D eigenvalue weighted by molar-refractivity contribution is 14.0. The number of nitrogens with zero attached hydrogens (tertiary/aromatic N) is 2. The van der Waals surface area contributed by atoms with Crippen LogP contribution in [0, 0.1) is 0 Å². The van der Waals surface area contributed by atoms with E-state index in [9.17, 15) is 0 Å². The lowest BCUT2D eigenvalue weighted by Gasteiger charge is -2.22. The number of nitrogens with two attached hydrogens (primary N) is 1. The van der Waals surface area contributed by atoms with Crippen molar-refractivity contribution < 1.29 is 0 Å². The van der Waals surface area contributed by atoms with Crippen molar-refractivity contribution in [2.75, 3.05) is 25.0 Å². The molecular weight excluding hydrogens is 351 g/mol. The van der Waals surface area contributed by atoms with Crippen molar-refractivity contribution in [1.82, 2.24) is 5.32 Å². The molecule has 0 amide bonds. The van der Waals surface area contributed by atoms with Crippen LogP contribution in [0.5, 0.6) is 0 Å². The Bertz CT molecular complexity index is 384. The second-order valence-electron chi connectivity index (χ2n) is 5.40. The van der Waals surface area contributed by atoms with Gasteiger partial charge in [-0.3, -0.25) is 4.99 Å². The number of anilines is 1. The van der Waals surface area contributed by atoms with E-state index in [1.54, 1.807) is 0 Å². The lowest BCUT2D eigenvalue weighted by molar-refractivity contribution is 0.508. The third-order valence-electron chi connectivity index (χ3n) is 2.42. The first kappa shape index (κ1) is 18.0. The van der Waals surface area contributed by atoms with Crippen LogP contribution in [-0.4, -0.2) is 31.6 Å². The number of para-hydroxylation sites is 1. The van der Waals surface area contributed by atoms with Gasteiger partial charge in [0.25, 0.3) is 0 Å². The van der Waals surface area contributed by atoms with E-state index in [-0.39, 0.29) is 29.5 Å². The molecule has 5 heteroatoms. The summed E-state index contributed by atoms with van der Waals surface area (Å²) >= 11 is 0. The molecule has 0 aliphatic rings. The topological polar surface area (TPSA) is 53.6 Å². The standard InChI is InChI=1S/C14H24N4.HI/c1-14(2,3)17-13(15)16-10-11-18(4)12-8-6-5-7-9-12;/h5-9H,10-11H2,1-4H3,(H3,15,16,17);1H. The van der Waals surface area contributed by atoms with Crippen molar-refractivity contribution in [3.8, 4) is 0 Å². The third-order valence-corrected chi connectivity index (χ3v) is 2.42. The van der Waals surface area contributed by atoms with Crippen LogP contribution in [0.15, 0.2) is 35.3 Å². The molecule has 0 bridgehead atoms. The van der Waals surface area contributed by atoms with Crippen molar-refractivity contribution in [2.24, 2.45) is 10.7 Å². The average molecular weight is 376 g/mol. The fourth-order valence-electron chi connectivity index (χ4n) is 1.56. The minimum absolute atomic E-state index is 0. The quantitative estimate of drug-likeness (QED) is 0.482. The summed E-state index contributed by atoms with van der Waals surface area (Å²) < 4.78 is 0. The Morgan fingerprint density at radius 3 is 2.37 bits per heavy atom. The number of likely N-dealkylation sites (N-methyl/N-ethyl adjacent to an activating group) is 1. The highest BCUT2D eigenvalue weighted by Crippen LogP contribution is 2.09. The van der Waals surface area contributed by atoms with Crippen LogP contribution in [0.1, 0.15) is 20.8 Å². The maximum absolute atomic E-state index is 5.81. The lowest BCUT2D eigenvalue weighted by Crippen LogP contribution is -2.45. The molecule has 0 fully saturated rings. The highest BCUT2D eigenvalue weighted by atomic mass is 127. The number of guanidine groups is 1.